The molecule has 1 N–H and O–H groups in total. The van der Waals surface area contributed by atoms with Gasteiger partial charge in [-0.3, -0.25) is 0 Å². The van der Waals surface area contributed by atoms with Crippen molar-refractivity contribution in [1.29, 1.82) is 0 Å². The Morgan fingerprint density at radius 2 is 1.95 bits per heavy atom. The third-order valence-electron chi connectivity index (χ3n) is 3.41. The second-order valence-electron chi connectivity index (χ2n) is 5.11. The van der Waals surface area contributed by atoms with Crippen LogP contribution in [0.15, 0.2) is 24.5 Å². The number of nitrogens with one attached hydrogen (secondary N) is 1. The minimum atomic E-state index is -0.252. The average molecular weight is 291 g/mol. The fourth-order valence-corrected chi connectivity index (χ4v) is 2.20. The summed E-state index contributed by atoms with van der Waals surface area (Å²) in [5.74, 6) is -0.252. The summed E-state index contributed by atoms with van der Waals surface area (Å²) in [4.78, 5) is 0. The number of aromatic nitrogens is 4. The number of benzene rings is 1. The Kier molecular flexibility index (Phi) is 6.12. The normalized spacial score (nSPS) is 10.8. The molecule has 2 aromatic rings. The van der Waals surface area contributed by atoms with E-state index in [0.29, 0.717) is 5.69 Å². The topological polar surface area (TPSA) is 55.6 Å². The average Bonchev–Trinajstić information content (AvgIpc) is 3.02. The fourth-order valence-electron chi connectivity index (χ4n) is 2.20. The van der Waals surface area contributed by atoms with E-state index >= 15 is 0 Å². The smallest absolute Gasteiger partial charge is 0.146 e. The summed E-state index contributed by atoms with van der Waals surface area (Å²) >= 11 is 0. The van der Waals surface area contributed by atoms with Gasteiger partial charge in [-0.25, -0.2) is 9.07 Å². The van der Waals surface area contributed by atoms with E-state index in [-0.39, 0.29) is 5.82 Å². The predicted octanol–water partition coefficient (Wildman–Crippen LogP) is 3.57. The number of unbranched alkanes of at least 4 members (excludes halogenated alkanes) is 5. The molecule has 0 aliphatic carbocycles. The Labute approximate surface area is 124 Å². The van der Waals surface area contributed by atoms with Crippen molar-refractivity contribution in [3.05, 3.63) is 30.3 Å². The molecule has 5 nitrogen and oxygen atoms in total. The van der Waals surface area contributed by atoms with Gasteiger partial charge < -0.3 is 5.32 Å². The van der Waals surface area contributed by atoms with E-state index in [1.807, 2.05) is 0 Å². The number of rotatable bonds is 9. The third-order valence-corrected chi connectivity index (χ3v) is 3.41. The van der Waals surface area contributed by atoms with Gasteiger partial charge in [0.25, 0.3) is 0 Å². The maximum atomic E-state index is 13.8. The number of anilines is 1. The van der Waals surface area contributed by atoms with Gasteiger partial charge in [-0.2, -0.15) is 0 Å². The second-order valence-corrected chi connectivity index (χ2v) is 5.11. The van der Waals surface area contributed by atoms with E-state index < -0.39 is 0 Å². The van der Waals surface area contributed by atoms with Gasteiger partial charge in [0.05, 0.1) is 11.4 Å². The van der Waals surface area contributed by atoms with Crippen molar-refractivity contribution in [2.24, 2.45) is 0 Å². The van der Waals surface area contributed by atoms with E-state index in [2.05, 4.69) is 27.8 Å². The molecule has 0 fully saturated rings. The molecule has 0 aliphatic rings. The lowest BCUT2D eigenvalue weighted by Crippen LogP contribution is -2.05. The van der Waals surface area contributed by atoms with E-state index in [0.717, 1.165) is 18.7 Å². The van der Waals surface area contributed by atoms with Crippen LogP contribution in [-0.2, 0) is 0 Å². The maximum absolute atomic E-state index is 13.8. The molecule has 0 unspecified atom stereocenters. The zero-order valence-electron chi connectivity index (χ0n) is 12.4. The predicted molar refractivity (Wildman–Crippen MR) is 81.0 cm³/mol. The van der Waals surface area contributed by atoms with E-state index in [9.17, 15) is 4.39 Å². The molecule has 1 aromatic carbocycles. The summed E-state index contributed by atoms with van der Waals surface area (Å²) < 4.78 is 15.3. The van der Waals surface area contributed by atoms with Crippen LogP contribution in [0.3, 0.4) is 0 Å². The first-order chi connectivity index (χ1) is 10.3. The lowest BCUT2D eigenvalue weighted by molar-refractivity contribution is 0.611. The van der Waals surface area contributed by atoms with Crippen LogP contribution in [0.1, 0.15) is 45.4 Å². The van der Waals surface area contributed by atoms with Crippen LogP contribution in [0.4, 0.5) is 10.1 Å². The summed E-state index contributed by atoms with van der Waals surface area (Å²) in [7, 11) is 0. The van der Waals surface area contributed by atoms with E-state index in [1.165, 1.54) is 49.2 Å². The molecule has 0 spiro atoms. The lowest BCUT2D eigenvalue weighted by atomic mass is 10.1. The molecule has 0 saturated heterocycles. The molecule has 0 amide bonds. The summed E-state index contributed by atoms with van der Waals surface area (Å²) in [6.07, 6.45) is 8.83. The number of hydrogen-bond donors (Lipinski definition) is 1. The van der Waals surface area contributed by atoms with Crippen molar-refractivity contribution in [1.82, 2.24) is 20.2 Å². The van der Waals surface area contributed by atoms with Gasteiger partial charge in [0.2, 0.25) is 0 Å². The van der Waals surface area contributed by atoms with Gasteiger partial charge >= 0.3 is 0 Å². The van der Waals surface area contributed by atoms with Crippen molar-refractivity contribution in [3.8, 4) is 5.69 Å². The van der Waals surface area contributed by atoms with Crippen molar-refractivity contribution >= 4 is 5.69 Å². The molecule has 6 heteroatoms. The molecule has 1 heterocycles. The highest BCUT2D eigenvalue weighted by Crippen LogP contribution is 2.18. The zero-order valence-corrected chi connectivity index (χ0v) is 12.4. The first-order valence-corrected chi connectivity index (χ1v) is 7.58. The Morgan fingerprint density at radius 3 is 2.71 bits per heavy atom. The molecule has 114 valence electrons. The van der Waals surface area contributed by atoms with Crippen LogP contribution in [0.25, 0.3) is 5.69 Å². The summed E-state index contributed by atoms with van der Waals surface area (Å²) in [5.41, 5.74) is 1.24. The van der Waals surface area contributed by atoms with Gasteiger partial charge in [-0.05, 0) is 35.0 Å². The van der Waals surface area contributed by atoms with Crippen molar-refractivity contribution in [2.45, 2.75) is 45.4 Å². The second kappa shape index (κ2) is 8.34. The first-order valence-electron chi connectivity index (χ1n) is 7.58. The quantitative estimate of drug-likeness (QED) is 0.718. The van der Waals surface area contributed by atoms with Crippen LogP contribution >= 0.6 is 0 Å². The minimum Gasteiger partial charge on any atom is -0.383 e. The number of hydrogen-bond acceptors (Lipinski definition) is 4. The van der Waals surface area contributed by atoms with Gasteiger partial charge in [0.15, 0.2) is 0 Å². The largest absolute Gasteiger partial charge is 0.383 e. The molecule has 0 radical (unpaired) electrons. The standard InChI is InChI=1S/C15H22FN5/c1-2-3-4-5-6-7-10-17-15-11-13(8-9-14(15)16)21-12-18-19-20-21/h8-9,11-12,17H,2-7,10H2,1H3. The van der Waals surface area contributed by atoms with E-state index in [1.54, 1.807) is 12.1 Å². The SMILES string of the molecule is CCCCCCCCNc1cc(-n2cnnn2)ccc1F. The van der Waals surface area contributed by atoms with Crippen molar-refractivity contribution in [2.75, 3.05) is 11.9 Å². The van der Waals surface area contributed by atoms with Gasteiger partial charge in [-0.1, -0.05) is 39.0 Å². The Balaban J connectivity index is 1.81. The fraction of sp³-hybridized carbons (Fsp3) is 0.533. The van der Waals surface area contributed by atoms with Crippen molar-refractivity contribution in [3.63, 3.8) is 0 Å². The number of tetrazole rings is 1. The van der Waals surface area contributed by atoms with Crippen LogP contribution in [-0.4, -0.2) is 26.8 Å². The highest BCUT2D eigenvalue weighted by Gasteiger charge is 2.05. The highest BCUT2D eigenvalue weighted by atomic mass is 19.1. The lowest BCUT2D eigenvalue weighted by Gasteiger charge is -2.09. The molecule has 21 heavy (non-hydrogen) atoms. The molecule has 0 bridgehead atoms. The van der Waals surface area contributed by atoms with Gasteiger partial charge in [0.1, 0.15) is 12.1 Å². The first kappa shape index (κ1) is 15.4. The Hall–Kier alpha value is -1.98. The van der Waals surface area contributed by atoms with Crippen LogP contribution in [0.5, 0.6) is 0 Å². The Bertz CT molecular complexity index is 527. The zero-order chi connectivity index (χ0) is 14.9. The third kappa shape index (κ3) is 4.81. The molecular weight excluding hydrogens is 269 g/mol. The summed E-state index contributed by atoms with van der Waals surface area (Å²) in [6.45, 7) is 2.99. The molecule has 0 atom stereocenters. The Morgan fingerprint density at radius 1 is 1.14 bits per heavy atom. The van der Waals surface area contributed by atoms with Gasteiger partial charge in [0, 0.05) is 6.54 Å². The van der Waals surface area contributed by atoms with Crippen LogP contribution < -0.4 is 5.32 Å². The number of halogens is 1. The van der Waals surface area contributed by atoms with Crippen LogP contribution in [0.2, 0.25) is 0 Å². The number of nitrogens with zero attached hydrogens (tertiary/aromatic N) is 4. The summed E-state index contributed by atoms with van der Waals surface area (Å²) in [6, 6.07) is 4.81. The minimum absolute atomic E-state index is 0.252. The molecular formula is C15H22FN5. The van der Waals surface area contributed by atoms with E-state index in [4.69, 9.17) is 0 Å². The van der Waals surface area contributed by atoms with Crippen molar-refractivity contribution < 1.29 is 4.39 Å². The molecule has 2 rings (SSSR count). The van der Waals surface area contributed by atoms with Gasteiger partial charge in [-0.15, -0.1) is 5.10 Å². The monoisotopic (exact) mass is 291 g/mol. The molecule has 0 saturated carbocycles. The molecule has 1 aromatic heterocycles. The highest BCUT2D eigenvalue weighted by molar-refractivity contribution is 5.51. The summed E-state index contributed by atoms with van der Waals surface area (Å²) in [5, 5.41) is 14.1. The van der Waals surface area contributed by atoms with Crippen LogP contribution in [0, 0.1) is 5.82 Å². The maximum Gasteiger partial charge on any atom is 0.146 e. The molecule has 0 aliphatic heterocycles.